The molecule has 0 aliphatic rings. The second-order valence-corrected chi connectivity index (χ2v) is 6.61. The molecule has 0 aliphatic carbocycles. The molecular formula is C22H18ClFN2O4. The first-order chi connectivity index (χ1) is 14.4. The normalized spacial score (nSPS) is 10.2. The molecule has 3 aromatic carbocycles. The third kappa shape index (κ3) is 5.71. The van der Waals surface area contributed by atoms with E-state index in [-0.39, 0.29) is 12.2 Å². The molecule has 8 heteroatoms. The molecule has 6 nitrogen and oxygen atoms in total. The van der Waals surface area contributed by atoms with Gasteiger partial charge in [0.15, 0.2) is 6.61 Å². The van der Waals surface area contributed by atoms with Crippen LogP contribution in [-0.4, -0.2) is 25.5 Å². The molecule has 0 bridgehead atoms. The predicted octanol–water partition coefficient (Wildman–Crippen LogP) is 4.76. The van der Waals surface area contributed by atoms with E-state index in [9.17, 15) is 14.0 Å². The number of ether oxygens (including phenoxy) is 2. The average molecular weight is 429 g/mol. The van der Waals surface area contributed by atoms with Crippen LogP contribution in [0.3, 0.4) is 0 Å². The van der Waals surface area contributed by atoms with Gasteiger partial charge in [-0.25, -0.2) is 4.39 Å². The van der Waals surface area contributed by atoms with E-state index in [4.69, 9.17) is 21.1 Å². The summed E-state index contributed by atoms with van der Waals surface area (Å²) in [5.41, 5.74) is 0.904. The molecule has 0 saturated carbocycles. The Morgan fingerprint density at radius 2 is 1.77 bits per heavy atom. The predicted molar refractivity (Wildman–Crippen MR) is 113 cm³/mol. The van der Waals surface area contributed by atoms with Crippen molar-refractivity contribution in [3.05, 3.63) is 83.1 Å². The number of amides is 2. The molecule has 0 spiro atoms. The summed E-state index contributed by atoms with van der Waals surface area (Å²) in [7, 11) is 1.45. The number of halogens is 2. The molecule has 0 radical (unpaired) electrons. The summed E-state index contributed by atoms with van der Waals surface area (Å²) in [4.78, 5) is 24.6. The van der Waals surface area contributed by atoms with Crippen LogP contribution in [-0.2, 0) is 4.79 Å². The van der Waals surface area contributed by atoms with Gasteiger partial charge in [-0.05, 0) is 60.7 Å². The van der Waals surface area contributed by atoms with E-state index >= 15 is 0 Å². The smallest absolute Gasteiger partial charge is 0.262 e. The Morgan fingerprint density at radius 1 is 1.00 bits per heavy atom. The molecule has 2 amide bonds. The summed E-state index contributed by atoms with van der Waals surface area (Å²) in [5.74, 6) is -0.529. The molecule has 0 unspecified atom stereocenters. The number of carbonyl (C=O) groups excluding carboxylic acids is 2. The van der Waals surface area contributed by atoms with Crippen LogP contribution < -0.4 is 20.1 Å². The quantitative estimate of drug-likeness (QED) is 0.569. The third-order valence-corrected chi connectivity index (χ3v) is 4.25. The van der Waals surface area contributed by atoms with Gasteiger partial charge in [0.05, 0.1) is 12.8 Å². The number of nitrogens with one attached hydrogen (secondary N) is 2. The summed E-state index contributed by atoms with van der Waals surface area (Å²) in [6, 6.07) is 16.7. The van der Waals surface area contributed by atoms with E-state index in [0.717, 1.165) is 6.07 Å². The third-order valence-electron chi connectivity index (χ3n) is 4.00. The molecule has 0 heterocycles. The van der Waals surface area contributed by atoms with Crippen molar-refractivity contribution >= 4 is 34.8 Å². The van der Waals surface area contributed by atoms with Gasteiger partial charge in [-0.2, -0.15) is 0 Å². The Bertz CT molecular complexity index is 1060. The zero-order valence-electron chi connectivity index (χ0n) is 15.9. The highest BCUT2D eigenvalue weighted by Crippen LogP contribution is 2.28. The van der Waals surface area contributed by atoms with Gasteiger partial charge in [-0.1, -0.05) is 17.7 Å². The number of rotatable bonds is 7. The second kappa shape index (κ2) is 9.76. The van der Waals surface area contributed by atoms with Crippen LogP contribution in [0, 0.1) is 5.82 Å². The summed E-state index contributed by atoms with van der Waals surface area (Å²) >= 11 is 5.81. The maximum atomic E-state index is 13.4. The fourth-order valence-electron chi connectivity index (χ4n) is 2.58. The zero-order chi connectivity index (χ0) is 21.5. The van der Waals surface area contributed by atoms with Crippen LogP contribution in [0.4, 0.5) is 15.8 Å². The average Bonchev–Trinajstić information content (AvgIpc) is 2.73. The molecule has 0 saturated heterocycles. The molecule has 0 aliphatic heterocycles. The Labute approximate surface area is 177 Å². The summed E-state index contributed by atoms with van der Waals surface area (Å²) in [5, 5.41) is 5.90. The fourth-order valence-corrected chi connectivity index (χ4v) is 2.71. The van der Waals surface area contributed by atoms with Gasteiger partial charge in [-0.3, -0.25) is 9.59 Å². The monoisotopic (exact) mass is 428 g/mol. The van der Waals surface area contributed by atoms with Crippen molar-refractivity contribution in [1.82, 2.24) is 0 Å². The summed E-state index contributed by atoms with van der Waals surface area (Å²) in [6.07, 6.45) is 0. The van der Waals surface area contributed by atoms with Gasteiger partial charge in [0.25, 0.3) is 11.8 Å². The molecule has 0 aromatic heterocycles. The first kappa shape index (κ1) is 21.1. The van der Waals surface area contributed by atoms with Crippen LogP contribution >= 0.6 is 11.6 Å². The summed E-state index contributed by atoms with van der Waals surface area (Å²) in [6.45, 7) is -0.210. The van der Waals surface area contributed by atoms with Gasteiger partial charge >= 0.3 is 0 Å². The minimum atomic E-state index is -0.517. The molecule has 3 aromatic rings. The minimum absolute atomic E-state index is 0.155. The van der Waals surface area contributed by atoms with Crippen LogP contribution in [0.15, 0.2) is 66.7 Å². The molecule has 30 heavy (non-hydrogen) atoms. The SMILES string of the molecule is COc1ccc(NC(=O)COc2ccc(Cl)cc2)cc1NC(=O)c1cccc(F)c1. The van der Waals surface area contributed by atoms with Crippen LogP contribution in [0.5, 0.6) is 11.5 Å². The lowest BCUT2D eigenvalue weighted by Crippen LogP contribution is -2.20. The first-order valence-electron chi connectivity index (χ1n) is 8.88. The van der Waals surface area contributed by atoms with Crippen molar-refractivity contribution < 1.29 is 23.5 Å². The standard InChI is InChI=1S/C22H18ClFN2O4/c1-29-20-10-7-17(25-21(27)13-30-18-8-5-15(23)6-9-18)12-19(20)26-22(28)14-3-2-4-16(24)11-14/h2-12H,13H2,1H3,(H,25,27)(H,26,28). The summed E-state index contributed by atoms with van der Waals surface area (Å²) < 4.78 is 24.0. The minimum Gasteiger partial charge on any atom is -0.495 e. The van der Waals surface area contributed by atoms with E-state index in [1.807, 2.05) is 0 Å². The first-order valence-corrected chi connectivity index (χ1v) is 9.25. The lowest BCUT2D eigenvalue weighted by atomic mass is 10.2. The molecule has 0 fully saturated rings. The van der Waals surface area contributed by atoms with Gasteiger partial charge in [-0.15, -0.1) is 0 Å². The zero-order valence-corrected chi connectivity index (χ0v) is 16.7. The van der Waals surface area contributed by atoms with Gasteiger partial charge in [0.2, 0.25) is 0 Å². The topological polar surface area (TPSA) is 76.7 Å². The van der Waals surface area contributed by atoms with E-state index < -0.39 is 17.6 Å². The Hall–Kier alpha value is -3.58. The van der Waals surface area contributed by atoms with Crippen LogP contribution in [0.25, 0.3) is 0 Å². The maximum absolute atomic E-state index is 13.4. The maximum Gasteiger partial charge on any atom is 0.262 e. The van der Waals surface area contributed by atoms with E-state index in [2.05, 4.69) is 10.6 Å². The lowest BCUT2D eigenvalue weighted by Gasteiger charge is -2.13. The van der Waals surface area contributed by atoms with E-state index in [1.54, 1.807) is 36.4 Å². The fraction of sp³-hybridized carbons (Fsp3) is 0.0909. The Morgan fingerprint density at radius 3 is 2.47 bits per heavy atom. The van der Waals surface area contributed by atoms with Gasteiger partial charge < -0.3 is 20.1 Å². The number of carbonyl (C=O) groups is 2. The van der Waals surface area contributed by atoms with Gasteiger partial charge in [0, 0.05) is 16.3 Å². The molecular weight excluding hydrogens is 411 g/mol. The number of benzene rings is 3. The van der Waals surface area contributed by atoms with Crippen molar-refractivity contribution in [2.75, 3.05) is 24.4 Å². The lowest BCUT2D eigenvalue weighted by molar-refractivity contribution is -0.118. The van der Waals surface area contributed by atoms with Crippen molar-refractivity contribution in [3.8, 4) is 11.5 Å². The molecule has 3 rings (SSSR count). The van der Waals surface area contributed by atoms with Crippen LogP contribution in [0.2, 0.25) is 5.02 Å². The van der Waals surface area contributed by atoms with Crippen molar-refractivity contribution in [3.63, 3.8) is 0 Å². The van der Waals surface area contributed by atoms with E-state index in [0.29, 0.717) is 27.9 Å². The largest absolute Gasteiger partial charge is 0.495 e. The number of hydrogen-bond donors (Lipinski definition) is 2. The highest BCUT2D eigenvalue weighted by molar-refractivity contribution is 6.30. The number of anilines is 2. The van der Waals surface area contributed by atoms with Crippen LogP contribution in [0.1, 0.15) is 10.4 Å². The number of methoxy groups -OCH3 is 1. The van der Waals surface area contributed by atoms with Crippen molar-refractivity contribution in [1.29, 1.82) is 0 Å². The highest BCUT2D eigenvalue weighted by Gasteiger charge is 2.12. The Balaban J connectivity index is 1.66. The van der Waals surface area contributed by atoms with Gasteiger partial charge in [0.1, 0.15) is 17.3 Å². The highest BCUT2D eigenvalue weighted by atomic mass is 35.5. The second-order valence-electron chi connectivity index (χ2n) is 6.17. The van der Waals surface area contributed by atoms with Crippen molar-refractivity contribution in [2.24, 2.45) is 0 Å². The molecule has 154 valence electrons. The molecule has 2 N–H and O–H groups in total. The Kier molecular flexibility index (Phi) is 6.87. The van der Waals surface area contributed by atoms with E-state index in [1.165, 1.54) is 31.4 Å². The molecule has 0 atom stereocenters. The van der Waals surface area contributed by atoms with Crippen molar-refractivity contribution in [2.45, 2.75) is 0 Å². The number of hydrogen-bond acceptors (Lipinski definition) is 4.